The molecule has 2 heteroatoms. The zero-order valence-electron chi connectivity index (χ0n) is 14.9. The Morgan fingerprint density at radius 3 is 2.05 bits per heavy atom. The Morgan fingerprint density at radius 2 is 1.62 bits per heavy atom. The third kappa shape index (κ3) is 5.44. The lowest BCUT2D eigenvalue weighted by Crippen LogP contribution is -2.42. The van der Waals surface area contributed by atoms with Crippen LogP contribution in [0.15, 0.2) is 18.2 Å². The molecule has 0 heterocycles. The molecule has 1 N–H and O–H groups in total. The fourth-order valence-corrected chi connectivity index (χ4v) is 2.91. The van der Waals surface area contributed by atoms with Gasteiger partial charge in [-0.25, -0.2) is 0 Å². The fourth-order valence-electron chi connectivity index (χ4n) is 2.91. The third-order valence-electron chi connectivity index (χ3n) is 3.72. The summed E-state index contributed by atoms with van der Waals surface area (Å²) < 4.78 is 6.14. The largest absolute Gasteiger partial charge is 0.376 e. The predicted molar refractivity (Wildman–Crippen MR) is 91.8 cm³/mol. The van der Waals surface area contributed by atoms with Crippen molar-refractivity contribution in [3.8, 4) is 0 Å². The molecule has 0 saturated carbocycles. The Kier molecular flexibility index (Phi) is 6.89. The van der Waals surface area contributed by atoms with Gasteiger partial charge in [-0.2, -0.15) is 0 Å². The molecule has 0 aliphatic rings. The topological polar surface area (TPSA) is 21.3 Å². The highest BCUT2D eigenvalue weighted by atomic mass is 16.5. The molecular weight excluding hydrogens is 258 g/mol. The van der Waals surface area contributed by atoms with Gasteiger partial charge in [0.05, 0.1) is 12.1 Å². The van der Waals surface area contributed by atoms with Crippen molar-refractivity contribution in [2.45, 2.75) is 67.0 Å². The highest BCUT2D eigenvalue weighted by Crippen LogP contribution is 2.33. The number of rotatable bonds is 7. The van der Waals surface area contributed by atoms with Crippen LogP contribution in [0.25, 0.3) is 0 Å². The summed E-state index contributed by atoms with van der Waals surface area (Å²) in [6, 6.07) is 7.05. The maximum Gasteiger partial charge on any atom is 0.0817 e. The number of aryl methyl sites for hydroxylation is 2. The number of hydrogen-bond acceptors (Lipinski definition) is 2. The maximum atomic E-state index is 6.14. The second-order valence-electron chi connectivity index (χ2n) is 7.09. The van der Waals surface area contributed by atoms with E-state index in [0.29, 0.717) is 0 Å². The van der Waals surface area contributed by atoms with Gasteiger partial charge in [0.25, 0.3) is 0 Å². The van der Waals surface area contributed by atoms with E-state index in [4.69, 9.17) is 4.74 Å². The van der Waals surface area contributed by atoms with Crippen LogP contribution in [-0.2, 0) is 4.74 Å². The molecule has 2 nitrogen and oxygen atoms in total. The minimum absolute atomic E-state index is 0.0963. The number of ether oxygens (including phenoxy) is 1. The van der Waals surface area contributed by atoms with Crippen LogP contribution < -0.4 is 5.32 Å². The molecule has 2 unspecified atom stereocenters. The van der Waals surface area contributed by atoms with Crippen LogP contribution in [-0.4, -0.2) is 19.3 Å². The molecule has 0 bridgehead atoms. The number of nitrogens with one attached hydrogen (secondary N) is 1. The maximum absolute atomic E-state index is 6.14. The molecule has 0 saturated heterocycles. The Hall–Kier alpha value is -0.860. The van der Waals surface area contributed by atoms with E-state index >= 15 is 0 Å². The Bertz CT molecular complexity index is 413. The molecule has 1 aromatic rings. The first-order valence-corrected chi connectivity index (χ1v) is 8.22. The van der Waals surface area contributed by atoms with Gasteiger partial charge in [-0.05, 0) is 44.7 Å². The summed E-state index contributed by atoms with van der Waals surface area (Å²) in [5.74, 6) is 0. The lowest BCUT2D eigenvalue weighted by molar-refractivity contribution is -0.0365. The Balaban J connectivity index is 3.18. The SMILES string of the molecule is CCCNC(c1cc(C)cc(C)c1)C(OCC)C(C)(C)C. The molecule has 0 radical (unpaired) electrons. The summed E-state index contributed by atoms with van der Waals surface area (Å²) in [5, 5.41) is 3.71. The van der Waals surface area contributed by atoms with E-state index in [9.17, 15) is 0 Å². The van der Waals surface area contributed by atoms with Gasteiger partial charge in [0.2, 0.25) is 0 Å². The molecule has 21 heavy (non-hydrogen) atoms. The summed E-state index contributed by atoms with van der Waals surface area (Å²) in [5.41, 5.74) is 4.07. The van der Waals surface area contributed by atoms with E-state index in [-0.39, 0.29) is 17.6 Å². The highest BCUT2D eigenvalue weighted by Gasteiger charge is 2.33. The van der Waals surface area contributed by atoms with Crippen molar-refractivity contribution in [3.05, 3.63) is 34.9 Å². The predicted octanol–water partition coefficient (Wildman–Crippen LogP) is 4.80. The molecule has 0 aliphatic carbocycles. The van der Waals surface area contributed by atoms with Crippen molar-refractivity contribution in [1.82, 2.24) is 5.32 Å². The van der Waals surface area contributed by atoms with Crippen molar-refractivity contribution >= 4 is 0 Å². The van der Waals surface area contributed by atoms with Crippen molar-refractivity contribution in [2.75, 3.05) is 13.2 Å². The van der Waals surface area contributed by atoms with Gasteiger partial charge in [0, 0.05) is 6.61 Å². The van der Waals surface area contributed by atoms with E-state index in [2.05, 4.69) is 72.0 Å². The van der Waals surface area contributed by atoms with Gasteiger partial charge in [-0.3, -0.25) is 0 Å². The molecule has 0 fully saturated rings. The normalized spacial score (nSPS) is 15.0. The summed E-state index contributed by atoms with van der Waals surface area (Å²) in [7, 11) is 0. The smallest absolute Gasteiger partial charge is 0.0817 e. The monoisotopic (exact) mass is 291 g/mol. The summed E-state index contributed by atoms with van der Waals surface area (Å²) in [4.78, 5) is 0. The van der Waals surface area contributed by atoms with Crippen molar-refractivity contribution in [1.29, 1.82) is 0 Å². The first-order chi connectivity index (χ1) is 9.79. The molecular formula is C19H33NO. The number of hydrogen-bond donors (Lipinski definition) is 1. The van der Waals surface area contributed by atoms with Crippen molar-refractivity contribution < 1.29 is 4.74 Å². The van der Waals surface area contributed by atoms with Crippen LogP contribution in [0.3, 0.4) is 0 Å². The minimum atomic E-state index is 0.0963. The zero-order valence-corrected chi connectivity index (χ0v) is 14.9. The van der Waals surface area contributed by atoms with Gasteiger partial charge >= 0.3 is 0 Å². The van der Waals surface area contributed by atoms with Gasteiger partial charge < -0.3 is 10.1 Å². The first-order valence-electron chi connectivity index (χ1n) is 8.22. The highest BCUT2D eigenvalue weighted by molar-refractivity contribution is 5.31. The summed E-state index contributed by atoms with van der Waals surface area (Å²) in [6.45, 7) is 17.2. The van der Waals surface area contributed by atoms with Crippen LogP contribution in [0.4, 0.5) is 0 Å². The number of benzene rings is 1. The quantitative estimate of drug-likeness (QED) is 0.779. The van der Waals surface area contributed by atoms with Gasteiger partial charge in [-0.15, -0.1) is 0 Å². The molecule has 0 spiro atoms. The van der Waals surface area contributed by atoms with Crippen molar-refractivity contribution in [2.24, 2.45) is 5.41 Å². The summed E-state index contributed by atoms with van der Waals surface area (Å²) >= 11 is 0. The minimum Gasteiger partial charge on any atom is -0.376 e. The van der Waals surface area contributed by atoms with E-state index in [0.717, 1.165) is 19.6 Å². The molecule has 2 atom stereocenters. The van der Waals surface area contributed by atoms with E-state index in [1.54, 1.807) is 0 Å². The van der Waals surface area contributed by atoms with Crippen LogP contribution >= 0.6 is 0 Å². The molecule has 0 aromatic heterocycles. The second-order valence-corrected chi connectivity index (χ2v) is 7.09. The third-order valence-corrected chi connectivity index (χ3v) is 3.72. The Morgan fingerprint density at radius 1 is 1.05 bits per heavy atom. The van der Waals surface area contributed by atoms with E-state index < -0.39 is 0 Å². The van der Waals surface area contributed by atoms with Crippen LogP contribution in [0, 0.1) is 19.3 Å². The average Bonchev–Trinajstić information content (AvgIpc) is 2.35. The average molecular weight is 291 g/mol. The molecule has 1 aromatic carbocycles. The lowest BCUT2D eigenvalue weighted by atomic mass is 9.81. The van der Waals surface area contributed by atoms with Gasteiger partial charge in [0.15, 0.2) is 0 Å². The lowest BCUT2D eigenvalue weighted by Gasteiger charge is -2.38. The van der Waals surface area contributed by atoms with Gasteiger partial charge in [-0.1, -0.05) is 57.0 Å². The Labute approximate surface area is 131 Å². The fraction of sp³-hybridized carbons (Fsp3) is 0.684. The van der Waals surface area contributed by atoms with Crippen LogP contribution in [0.1, 0.15) is 63.8 Å². The van der Waals surface area contributed by atoms with E-state index in [1.165, 1.54) is 16.7 Å². The van der Waals surface area contributed by atoms with Crippen molar-refractivity contribution in [3.63, 3.8) is 0 Å². The zero-order chi connectivity index (χ0) is 16.0. The summed E-state index contributed by atoms with van der Waals surface area (Å²) in [6.07, 6.45) is 1.29. The molecule has 0 aliphatic heterocycles. The van der Waals surface area contributed by atoms with Gasteiger partial charge in [0.1, 0.15) is 0 Å². The molecule has 0 amide bonds. The second kappa shape index (κ2) is 7.95. The van der Waals surface area contributed by atoms with Crippen LogP contribution in [0.2, 0.25) is 0 Å². The standard InChI is InChI=1S/C19H33NO/c1-8-10-20-17(18(21-9-2)19(5,6)7)16-12-14(3)11-15(4)13-16/h11-13,17-18,20H,8-10H2,1-7H3. The van der Waals surface area contributed by atoms with E-state index in [1.807, 2.05) is 0 Å². The van der Waals surface area contributed by atoms with Crippen LogP contribution in [0.5, 0.6) is 0 Å². The molecule has 120 valence electrons. The molecule has 1 rings (SSSR count). The first kappa shape index (κ1) is 18.2.